The second-order valence-electron chi connectivity index (χ2n) is 2.11. The molecule has 0 aliphatic heterocycles. The van der Waals surface area contributed by atoms with Crippen molar-refractivity contribution in [1.29, 1.82) is 0 Å². The molecule has 0 spiro atoms. The maximum Gasteiger partial charge on any atom is 0.147 e. The van der Waals surface area contributed by atoms with E-state index in [4.69, 9.17) is 16.7 Å². The normalized spacial score (nSPS) is 22.3. The van der Waals surface area contributed by atoms with Crippen molar-refractivity contribution in [2.45, 2.75) is 12.8 Å². The lowest BCUT2D eigenvalue weighted by Crippen LogP contribution is -1.78. The number of rotatable bonds is 1. The second-order valence-corrected chi connectivity index (χ2v) is 2.49. The minimum absolute atomic E-state index is 0.414. The third-order valence-corrected chi connectivity index (χ3v) is 2.01. The van der Waals surface area contributed by atoms with E-state index in [0.29, 0.717) is 29.0 Å². The first-order valence-corrected chi connectivity index (χ1v) is 3.35. The maximum atomic E-state index is 10.2. The fraction of sp³-hybridized carbons (Fsp3) is 0.286. The van der Waals surface area contributed by atoms with E-state index in [0.717, 1.165) is 12.5 Å². The molecule has 1 aliphatic rings. The van der Waals surface area contributed by atoms with Crippen LogP contribution in [0.5, 0.6) is 0 Å². The molecule has 54 valence electrons. The Morgan fingerprint density at radius 3 is 2.50 bits per heavy atom. The lowest BCUT2D eigenvalue weighted by atomic mass is 10.2. The smallest absolute Gasteiger partial charge is 0.147 e. The Balaban J connectivity index is 2.94. The molecule has 0 atom stereocenters. The number of carbonyl (C=O) groups is 1. The van der Waals surface area contributed by atoms with Gasteiger partial charge in [0.2, 0.25) is 0 Å². The summed E-state index contributed by atoms with van der Waals surface area (Å²) in [7, 11) is 0. The van der Waals surface area contributed by atoms with Gasteiger partial charge in [0, 0.05) is 11.1 Å². The van der Waals surface area contributed by atoms with Gasteiger partial charge in [0.1, 0.15) is 6.29 Å². The van der Waals surface area contributed by atoms with Gasteiger partial charge in [0.15, 0.2) is 0 Å². The van der Waals surface area contributed by atoms with Gasteiger partial charge >= 0.3 is 0 Å². The van der Waals surface area contributed by atoms with E-state index in [1.807, 2.05) is 0 Å². The number of allylic oxidation sites excluding steroid dienone is 3. The summed E-state index contributed by atoms with van der Waals surface area (Å²) in [4.78, 5) is 10.2. The number of aliphatic hydroxyl groups is 1. The zero-order chi connectivity index (χ0) is 7.56. The van der Waals surface area contributed by atoms with Crippen LogP contribution in [0.25, 0.3) is 0 Å². The van der Waals surface area contributed by atoms with Gasteiger partial charge in [-0.2, -0.15) is 0 Å². The third-order valence-electron chi connectivity index (χ3n) is 1.53. The molecule has 0 aromatic carbocycles. The predicted molar refractivity (Wildman–Crippen MR) is 38.9 cm³/mol. The van der Waals surface area contributed by atoms with Crippen molar-refractivity contribution in [3.8, 4) is 0 Å². The van der Waals surface area contributed by atoms with Crippen LogP contribution in [-0.2, 0) is 4.79 Å². The van der Waals surface area contributed by atoms with Crippen molar-refractivity contribution in [1.82, 2.24) is 0 Å². The first-order valence-electron chi connectivity index (χ1n) is 2.97. The van der Waals surface area contributed by atoms with Gasteiger partial charge in [-0.1, -0.05) is 11.6 Å². The molecular formula is C7H7ClO2. The Morgan fingerprint density at radius 2 is 2.20 bits per heavy atom. The highest BCUT2D eigenvalue weighted by atomic mass is 35.5. The molecule has 2 nitrogen and oxygen atoms in total. The molecule has 1 rings (SSSR count). The number of hydrogen-bond acceptors (Lipinski definition) is 2. The average Bonchev–Trinajstić information content (AvgIpc) is 2.30. The zero-order valence-electron chi connectivity index (χ0n) is 5.30. The molecular weight excluding hydrogens is 152 g/mol. The fourth-order valence-electron chi connectivity index (χ4n) is 0.927. The van der Waals surface area contributed by atoms with Gasteiger partial charge in [-0.25, -0.2) is 0 Å². The summed E-state index contributed by atoms with van der Waals surface area (Å²) in [6.07, 6.45) is 3.01. The Morgan fingerprint density at radius 1 is 1.50 bits per heavy atom. The van der Waals surface area contributed by atoms with E-state index in [2.05, 4.69) is 0 Å². The van der Waals surface area contributed by atoms with Crippen LogP contribution in [0.4, 0.5) is 0 Å². The summed E-state index contributed by atoms with van der Waals surface area (Å²) in [5.74, 6) is 0. The molecule has 1 aliphatic carbocycles. The first kappa shape index (κ1) is 7.35. The number of halogens is 1. The summed E-state index contributed by atoms with van der Waals surface area (Å²) >= 11 is 5.66. The van der Waals surface area contributed by atoms with Crippen molar-refractivity contribution < 1.29 is 9.90 Å². The predicted octanol–water partition coefficient (Wildman–Crippen LogP) is 1.91. The summed E-state index contributed by atoms with van der Waals surface area (Å²) in [5, 5.41) is 8.97. The standard InChI is InChI=1S/C7H7ClO2/c8-7-5(3-9)1-2-6(7)4-10/h3-4,9H,1-2H2/b5-3-. The highest BCUT2D eigenvalue weighted by Crippen LogP contribution is 2.32. The lowest BCUT2D eigenvalue weighted by molar-refractivity contribution is -0.105. The number of aliphatic hydroxyl groups excluding tert-OH is 1. The van der Waals surface area contributed by atoms with Crippen LogP contribution in [0.1, 0.15) is 12.8 Å². The van der Waals surface area contributed by atoms with E-state index in [1.54, 1.807) is 0 Å². The summed E-state index contributed by atoms with van der Waals surface area (Å²) in [6, 6.07) is 0. The molecule has 0 radical (unpaired) electrons. The van der Waals surface area contributed by atoms with E-state index < -0.39 is 0 Å². The summed E-state index contributed by atoms with van der Waals surface area (Å²) in [5.41, 5.74) is 1.24. The minimum Gasteiger partial charge on any atom is -0.515 e. The van der Waals surface area contributed by atoms with E-state index in [-0.39, 0.29) is 0 Å². The molecule has 0 unspecified atom stereocenters. The quantitative estimate of drug-likeness (QED) is 0.468. The highest BCUT2D eigenvalue weighted by Gasteiger charge is 2.16. The van der Waals surface area contributed by atoms with E-state index in [9.17, 15) is 4.79 Å². The monoisotopic (exact) mass is 158 g/mol. The number of aldehydes is 1. The number of hydrogen-bond donors (Lipinski definition) is 1. The van der Waals surface area contributed by atoms with Crippen molar-refractivity contribution in [3.05, 3.63) is 22.4 Å². The molecule has 0 heterocycles. The van der Waals surface area contributed by atoms with Gasteiger partial charge < -0.3 is 5.11 Å². The molecule has 3 heteroatoms. The molecule has 0 saturated carbocycles. The van der Waals surface area contributed by atoms with Crippen LogP contribution in [-0.4, -0.2) is 11.4 Å². The van der Waals surface area contributed by atoms with Crippen LogP contribution in [0.15, 0.2) is 22.4 Å². The highest BCUT2D eigenvalue weighted by molar-refractivity contribution is 6.34. The maximum absolute atomic E-state index is 10.2. The van der Waals surface area contributed by atoms with Gasteiger partial charge in [-0.3, -0.25) is 4.79 Å². The van der Waals surface area contributed by atoms with Crippen molar-refractivity contribution in [2.24, 2.45) is 0 Å². The largest absolute Gasteiger partial charge is 0.515 e. The first-order chi connectivity index (χ1) is 4.79. The van der Waals surface area contributed by atoms with Crippen LogP contribution in [0, 0.1) is 0 Å². The van der Waals surface area contributed by atoms with Crippen molar-refractivity contribution in [2.75, 3.05) is 0 Å². The van der Waals surface area contributed by atoms with Crippen LogP contribution in [0.3, 0.4) is 0 Å². The topological polar surface area (TPSA) is 37.3 Å². The summed E-state index contributed by atoms with van der Waals surface area (Å²) in [6.45, 7) is 0. The minimum atomic E-state index is 0.414. The molecule has 0 amide bonds. The molecule has 0 aromatic rings. The lowest BCUT2D eigenvalue weighted by Gasteiger charge is -1.90. The molecule has 0 saturated heterocycles. The molecule has 0 aromatic heterocycles. The van der Waals surface area contributed by atoms with Gasteiger partial charge in [0.05, 0.1) is 11.3 Å². The van der Waals surface area contributed by atoms with E-state index >= 15 is 0 Å². The Kier molecular flexibility index (Phi) is 2.12. The Hall–Kier alpha value is -0.760. The Labute approximate surface area is 63.8 Å². The van der Waals surface area contributed by atoms with Crippen LogP contribution >= 0.6 is 11.6 Å². The van der Waals surface area contributed by atoms with Gasteiger partial charge in [-0.05, 0) is 12.8 Å². The van der Waals surface area contributed by atoms with Crippen LogP contribution in [0.2, 0.25) is 0 Å². The van der Waals surface area contributed by atoms with Crippen molar-refractivity contribution >= 4 is 17.9 Å². The van der Waals surface area contributed by atoms with E-state index in [1.165, 1.54) is 0 Å². The van der Waals surface area contributed by atoms with Crippen LogP contribution < -0.4 is 0 Å². The third kappa shape index (κ3) is 1.07. The molecule has 10 heavy (non-hydrogen) atoms. The van der Waals surface area contributed by atoms with Gasteiger partial charge in [-0.15, -0.1) is 0 Å². The SMILES string of the molecule is O=CC1=C(Cl)/C(=C\O)CC1. The molecule has 0 fully saturated rings. The van der Waals surface area contributed by atoms with Crippen molar-refractivity contribution in [3.63, 3.8) is 0 Å². The second kappa shape index (κ2) is 2.88. The van der Waals surface area contributed by atoms with Gasteiger partial charge in [0.25, 0.3) is 0 Å². The molecule has 1 N–H and O–H groups in total. The average molecular weight is 159 g/mol. The number of carbonyl (C=O) groups excluding carboxylic acids is 1. The zero-order valence-corrected chi connectivity index (χ0v) is 6.06. The molecule has 0 bridgehead atoms. The fourth-order valence-corrected chi connectivity index (χ4v) is 1.21. The Bertz CT molecular complexity index is 216. The summed E-state index contributed by atoms with van der Waals surface area (Å²) < 4.78 is 0.